The first-order valence-electron chi connectivity index (χ1n) is 10.9. The third-order valence-corrected chi connectivity index (χ3v) is 6.68. The van der Waals surface area contributed by atoms with Crippen molar-refractivity contribution in [3.05, 3.63) is 64.7 Å². The lowest BCUT2D eigenvalue weighted by atomic mass is 10.1. The molecule has 0 bridgehead atoms. The number of rotatable bonds is 11. The zero-order chi connectivity index (χ0) is 24.6. The minimum atomic E-state index is -3.79. The van der Waals surface area contributed by atoms with Crippen LogP contribution < -0.4 is 9.62 Å². The number of carbonyl (C=O) groups excluding carboxylic acids is 2. The summed E-state index contributed by atoms with van der Waals surface area (Å²) >= 11 is 6.10. The van der Waals surface area contributed by atoms with Gasteiger partial charge < -0.3 is 10.2 Å². The highest BCUT2D eigenvalue weighted by molar-refractivity contribution is 7.92. The van der Waals surface area contributed by atoms with Crippen LogP contribution >= 0.6 is 11.6 Å². The molecule has 0 radical (unpaired) electrons. The predicted molar refractivity (Wildman–Crippen MR) is 133 cm³/mol. The van der Waals surface area contributed by atoms with Crippen LogP contribution in [0.5, 0.6) is 0 Å². The quantitative estimate of drug-likeness (QED) is 0.519. The third kappa shape index (κ3) is 7.75. The molecule has 0 aromatic heterocycles. The molecule has 0 unspecified atom stereocenters. The van der Waals surface area contributed by atoms with Crippen LogP contribution in [0.3, 0.4) is 0 Å². The Morgan fingerprint density at radius 2 is 1.79 bits per heavy atom. The van der Waals surface area contributed by atoms with Gasteiger partial charge in [0.2, 0.25) is 21.8 Å². The zero-order valence-electron chi connectivity index (χ0n) is 19.5. The second-order valence-electron chi connectivity index (χ2n) is 7.99. The van der Waals surface area contributed by atoms with Crippen molar-refractivity contribution < 1.29 is 18.0 Å². The second-order valence-corrected chi connectivity index (χ2v) is 10.3. The molecule has 2 aromatic rings. The van der Waals surface area contributed by atoms with E-state index in [4.69, 9.17) is 11.6 Å². The number of benzene rings is 2. The molecule has 0 aliphatic carbocycles. The summed E-state index contributed by atoms with van der Waals surface area (Å²) in [5.74, 6) is -0.738. The Balaban J connectivity index is 2.33. The van der Waals surface area contributed by atoms with Gasteiger partial charge in [0.15, 0.2) is 0 Å². The first-order chi connectivity index (χ1) is 15.5. The number of carbonyl (C=O) groups is 2. The van der Waals surface area contributed by atoms with Crippen molar-refractivity contribution in [2.24, 2.45) is 0 Å². The molecule has 2 amide bonds. The van der Waals surface area contributed by atoms with Gasteiger partial charge in [0.1, 0.15) is 12.6 Å². The molecule has 1 atom stereocenters. The molecule has 0 heterocycles. The number of nitrogens with zero attached hydrogens (tertiary/aromatic N) is 2. The predicted octanol–water partition coefficient (Wildman–Crippen LogP) is 3.40. The van der Waals surface area contributed by atoms with Gasteiger partial charge in [-0.05, 0) is 49.9 Å². The Morgan fingerprint density at radius 3 is 2.39 bits per heavy atom. The molecule has 2 rings (SSSR count). The van der Waals surface area contributed by atoms with E-state index in [0.717, 1.165) is 22.5 Å². The summed E-state index contributed by atoms with van der Waals surface area (Å²) in [4.78, 5) is 27.5. The number of sulfonamides is 1. The van der Waals surface area contributed by atoms with Crippen molar-refractivity contribution in [1.82, 2.24) is 10.2 Å². The van der Waals surface area contributed by atoms with Crippen LogP contribution in [0.15, 0.2) is 48.5 Å². The Hall–Kier alpha value is -2.58. The molecule has 0 saturated heterocycles. The van der Waals surface area contributed by atoms with E-state index in [1.165, 1.54) is 11.0 Å². The fourth-order valence-electron chi connectivity index (χ4n) is 3.41. The van der Waals surface area contributed by atoms with Crippen LogP contribution in [0.2, 0.25) is 5.02 Å². The number of hydrogen-bond acceptors (Lipinski definition) is 4. The summed E-state index contributed by atoms with van der Waals surface area (Å²) in [7, 11) is -3.79. The minimum absolute atomic E-state index is 0.274. The van der Waals surface area contributed by atoms with Gasteiger partial charge in [0, 0.05) is 18.1 Å². The number of amides is 2. The molecule has 7 nitrogen and oxygen atoms in total. The maximum Gasteiger partial charge on any atom is 0.244 e. The van der Waals surface area contributed by atoms with E-state index in [1.807, 2.05) is 37.3 Å². The van der Waals surface area contributed by atoms with E-state index in [2.05, 4.69) is 5.32 Å². The average molecular weight is 494 g/mol. The minimum Gasteiger partial charge on any atom is -0.354 e. The molecule has 0 saturated carbocycles. The van der Waals surface area contributed by atoms with Gasteiger partial charge >= 0.3 is 0 Å². The van der Waals surface area contributed by atoms with E-state index >= 15 is 0 Å². The van der Waals surface area contributed by atoms with Crippen molar-refractivity contribution in [2.45, 2.75) is 39.7 Å². The largest absolute Gasteiger partial charge is 0.354 e. The van der Waals surface area contributed by atoms with Crippen molar-refractivity contribution in [3.63, 3.8) is 0 Å². The van der Waals surface area contributed by atoms with E-state index < -0.39 is 28.5 Å². The van der Waals surface area contributed by atoms with Crippen molar-refractivity contribution in [2.75, 3.05) is 30.2 Å². The smallest absolute Gasteiger partial charge is 0.244 e. The van der Waals surface area contributed by atoms with Crippen LogP contribution in [0.25, 0.3) is 0 Å². The van der Waals surface area contributed by atoms with Crippen LogP contribution in [0.1, 0.15) is 31.4 Å². The molecule has 0 spiro atoms. The van der Waals surface area contributed by atoms with E-state index in [-0.39, 0.29) is 12.5 Å². The van der Waals surface area contributed by atoms with Gasteiger partial charge in [0.05, 0.1) is 11.9 Å². The number of hydrogen-bond donors (Lipinski definition) is 1. The van der Waals surface area contributed by atoms with E-state index in [1.54, 1.807) is 26.0 Å². The van der Waals surface area contributed by atoms with E-state index in [0.29, 0.717) is 29.2 Å². The van der Waals surface area contributed by atoms with Crippen LogP contribution in [-0.4, -0.2) is 57.1 Å². The van der Waals surface area contributed by atoms with Crippen LogP contribution in [0.4, 0.5) is 5.69 Å². The molecule has 33 heavy (non-hydrogen) atoms. The molecular formula is C24H32ClN3O4S. The molecule has 9 heteroatoms. The van der Waals surface area contributed by atoms with Gasteiger partial charge in [-0.3, -0.25) is 13.9 Å². The Morgan fingerprint density at radius 1 is 1.12 bits per heavy atom. The number of nitrogens with one attached hydrogen (secondary N) is 1. The van der Waals surface area contributed by atoms with Gasteiger partial charge in [-0.1, -0.05) is 54.9 Å². The molecule has 0 fully saturated rings. The second kappa shape index (κ2) is 12.0. The standard InChI is InChI=1S/C24H32ClN3O4S/c1-5-14-26-24(30)19(3)27(15-13-20-9-7-6-8-10-20)23(29)17-28(33(4,31)32)22-16-21(25)12-11-18(22)2/h6-12,16,19H,5,13-15,17H2,1-4H3,(H,26,30)/t19-/m1/s1. The number of halogens is 1. The summed E-state index contributed by atoms with van der Waals surface area (Å²) in [6.07, 6.45) is 2.35. The Labute approximate surface area is 201 Å². The lowest BCUT2D eigenvalue weighted by Crippen LogP contribution is -2.52. The highest BCUT2D eigenvalue weighted by Crippen LogP contribution is 2.26. The first-order valence-corrected chi connectivity index (χ1v) is 13.1. The zero-order valence-corrected chi connectivity index (χ0v) is 21.1. The lowest BCUT2D eigenvalue weighted by Gasteiger charge is -2.32. The summed E-state index contributed by atoms with van der Waals surface area (Å²) in [6, 6.07) is 13.8. The fourth-order valence-corrected chi connectivity index (χ4v) is 4.48. The summed E-state index contributed by atoms with van der Waals surface area (Å²) < 4.78 is 26.3. The highest BCUT2D eigenvalue weighted by Gasteiger charge is 2.30. The van der Waals surface area contributed by atoms with Crippen molar-refractivity contribution in [3.8, 4) is 0 Å². The molecule has 0 aliphatic heterocycles. The van der Waals surface area contributed by atoms with Crippen LogP contribution in [-0.2, 0) is 26.0 Å². The van der Waals surface area contributed by atoms with Gasteiger partial charge in [0.25, 0.3) is 0 Å². The van der Waals surface area contributed by atoms with Gasteiger partial charge in [-0.2, -0.15) is 0 Å². The fraction of sp³-hybridized carbons (Fsp3) is 0.417. The average Bonchev–Trinajstić information content (AvgIpc) is 2.77. The molecule has 2 aromatic carbocycles. The lowest BCUT2D eigenvalue weighted by molar-refractivity contribution is -0.138. The Bertz CT molecular complexity index is 1060. The number of anilines is 1. The molecular weight excluding hydrogens is 462 g/mol. The monoisotopic (exact) mass is 493 g/mol. The van der Waals surface area contributed by atoms with Crippen LogP contribution in [0, 0.1) is 6.92 Å². The SMILES string of the molecule is CCCNC(=O)[C@@H](C)N(CCc1ccccc1)C(=O)CN(c1cc(Cl)ccc1C)S(C)(=O)=O. The first kappa shape index (κ1) is 26.7. The third-order valence-electron chi connectivity index (χ3n) is 5.32. The summed E-state index contributed by atoms with van der Waals surface area (Å²) in [6.45, 7) is 5.70. The highest BCUT2D eigenvalue weighted by atomic mass is 35.5. The van der Waals surface area contributed by atoms with Crippen molar-refractivity contribution in [1.29, 1.82) is 0 Å². The van der Waals surface area contributed by atoms with Gasteiger partial charge in [-0.25, -0.2) is 8.42 Å². The van der Waals surface area contributed by atoms with E-state index in [9.17, 15) is 18.0 Å². The Kier molecular flexibility index (Phi) is 9.73. The topological polar surface area (TPSA) is 86.8 Å². The van der Waals surface area contributed by atoms with Gasteiger partial charge in [-0.15, -0.1) is 0 Å². The number of aryl methyl sites for hydroxylation is 1. The molecule has 1 N–H and O–H groups in total. The normalized spacial score (nSPS) is 12.2. The summed E-state index contributed by atoms with van der Waals surface area (Å²) in [5, 5.41) is 3.18. The summed E-state index contributed by atoms with van der Waals surface area (Å²) in [5.41, 5.74) is 2.02. The maximum absolute atomic E-state index is 13.4. The molecule has 0 aliphatic rings. The maximum atomic E-state index is 13.4. The van der Waals surface area contributed by atoms with Crippen molar-refractivity contribution >= 4 is 39.1 Å². The molecule has 180 valence electrons.